The molecule has 0 saturated heterocycles. The van der Waals surface area contributed by atoms with Crippen molar-refractivity contribution in [2.45, 2.75) is 11.8 Å². The van der Waals surface area contributed by atoms with Gasteiger partial charge in [0.2, 0.25) is 0 Å². The fourth-order valence-corrected chi connectivity index (χ4v) is 2.54. The summed E-state index contributed by atoms with van der Waals surface area (Å²) in [6.07, 6.45) is 1.47. The molecule has 0 spiro atoms. The number of halogens is 1. The van der Waals surface area contributed by atoms with Gasteiger partial charge in [-0.15, -0.1) is 0 Å². The lowest BCUT2D eigenvalue weighted by molar-refractivity contribution is 0.584. The van der Waals surface area contributed by atoms with Crippen LogP contribution in [-0.2, 0) is 10.0 Å². The molecular weight excluding hydrogens is 340 g/mol. The van der Waals surface area contributed by atoms with E-state index in [1.54, 1.807) is 12.1 Å². The van der Waals surface area contributed by atoms with Gasteiger partial charge in [0.05, 0.1) is 11.1 Å². The second-order valence-corrected chi connectivity index (χ2v) is 6.79. The van der Waals surface area contributed by atoms with Gasteiger partial charge in [0.1, 0.15) is 0 Å². The lowest BCUT2D eigenvalue weighted by Gasteiger charge is -2.03. The Morgan fingerprint density at radius 3 is 2.25 bits per heavy atom. The van der Waals surface area contributed by atoms with Gasteiger partial charge < -0.3 is 0 Å². The molecule has 1 N–H and O–H groups in total. The largest absolute Gasteiger partial charge is 0.276 e. The maximum Gasteiger partial charge on any atom is 0.276 e. The Hall–Kier alpha value is -1.66. The topological polar surface area (TPSA) is 58.5 Å². The molecule has 20 heavy (non-hydrogen) atoms. The molecule has 4 nitrogen and oxygen atoms in total. The van der Waals surface area contributed by atoms with Crippen LogP contribution in [0.25, 0.3) is 0 Å². The molecule has 2 rings (SSSR count). The van der Waals surface area contributed by atoms with Crippen molar-refractivity contribution in [1.82, 2.24) is 4.83 Å². The molecule has 0 heterocycles. The monoisotopic (exact) mass is 352 g/mol. The molecule has 0 aromatic heterocycles. The van der Waals surface area contributed by atoms with E-state index in [1.807, 2.05) is 31.2 Å². The molecule has 0 fully saturated rings. The molecule has 0 aliphatic heterocycles. The number of rotatable bonds is 4. The highest BCUT2D eigenvalue weighted by atomic mass is 79.9. The minimum Gasteiger partial charge on any atom is -0.200 e. The SMILES string of the molecule is Cc1ccc(C=NNS(=O)(=O)c2ccc(Br)cc2)cc1. The van der Waals surface area contributed by atoms with Crippen molar-refractivity contribution in [1.29, 1.82) is 0 Å². The van der Waals surface area contributed by atoms with Gasteiger partial charge in [-0.2, -0.15) is 13.5 Å². The third kappa shape index (κ3) is 3.91. The summed E-state index contributed by atoms with van der Waals surface area (Å²) < 4.78 is 24.7. The van der Waals surface area contributed by atoms with E-state index >= 15 is 0 Å². The van der Waals surface area contributed by atoms with Crippen molar-refractivity contribution in [2.75, 3.05) is 0 Å². The van der Waals surface area contributed by atoms with Gasteiger partial charge in [0, 0.05) is 4.47 Å². The number of nitrogens with zero attached hydrogens (tertiary/aromatic N) is 1. The molecule has 0 aliphatic carbocycles. The maximum atomic E-state index is 11.9. The fraction of sp³-hybridized carbons (Fsp3) is 0.0714. The number of aryl methyl sites for hydroxylation is 1. The van der Waals surface area contributed by atoms with Crippen molar-refractivity contribution < 1.29 is 8.42 Å². The third-order valence-electron chi connectivity index (χ3n) is 2.59. The number of sulfonamides is 1. The Morgan fingerprint density at radius 1 is 1.05 bits per heavy atom. The average molecular weight is 353 g/mol. The summed E-state index contributed by atoms with van der Waals surface area (Å²) in [5, 5.41) is 3.77. The van der Waals surface area contributed by atoms with Crippen LogP contribution in [0.1, 0.15) is 11.1 Å². The molecule has 6 heteroatoms. The van der Waals surface area contributed by atoms with Crippen molar-refractivity contribution >= 4 is 32.2 Å². The molecule has 0 bridgehead atoms. The second kappa shape index (κ2) is 6.19. The Morgan fingerprint density at radius 2 is 1.65 bits per heavy atom. The number of hydrogen-bond donors (Lipinski definition) is 1. The minimum absolute atomic E-state index is 0.168. The molecular formula is C14H13BrN2O2S. The van der Waals surface area contributed by atoms with E-state index in [0.29, 0.717) is 0 Å². The Bertz CT molecular complexity index is 708. The third-order valence-corrected chi connectivity index (χ3v) is 4.35. The molecule has 0 amide bonds. The van der Waals surface area contributed by atoms with E-state index < -0.39 is 10.0 Å². The van der Waals surface area contributed by atoms with Crippen LogP contribution >= 0.6 is 15.9 Å². The first-order valence-corrected chi connectivity index (χ1v) is 8.12. The smallest absolute Gasteiger partial charge is 0.200 e. The van der Waals surface area contributed by atoms with E-state index in [1.165, 1.54) is 18.3 Å². The van der Waals surface area contributed by atoms with E-state index in [4.69, 9.17) is 0 Å². The van der Waals surface area contributed by atoms with Crippen LogP contribution in [0, 0.1) is 6.92 Å². The van der Waals surface area contributed by atoms with Crippen molar-refractivity contribution in [3.8, 4) is 0 Å². The van der Waals surface area contributed by atoms with Crippen LogP contribution in [0.5, 0.6) is 0 Å². The van der Waals surface area contributed by atoms with Crippen LogP contribution in [-0.4, -0.2) is 14.6 Å². The molecule has 2 aromatic rings. The highest BCUT2D eigenvalue weighted by Crippen LogP contribution is 2.14. The van der Waals surface area contributed by atoms with Crippen LogP contribution < -0.4 is 4.83 Å². The number of hydrazone groups is 1. The van der Waals surface area contributed by atoms with Gasteiger partial charge >= 0.3 is 0 Å². The minimum atomic E-state index is -3.62. The van der Waals surface area contributed by atoms with Gasteiger partial charge in [-0.3, -0.25) is 0 Å². The summed E-state index contributed by atoms with van der Waals surface area (Å²) in [7, 11) is -3.62. The predicted octanol–water partition coefficient (Wildman–Crippen LogP) is 3.07. The number of benzene rings is 2. The molecule has 0 aliphatic rings. The molecule has 104 valence electrons. The fourth-order valence-electron chi connectivity index (χ4n) is 1.49. The van der Waals surface area contributed by atoms with E-state index in [2.05, 4.69) is 25.9 Å². The average Bonchev–Trinajstić information content (AvgIpc) is 2.41. The first kappa shape index (κ1) is 14.7. The zero-order valence-electron chi connectivity index (χ0n) is 10.7. The summed E-state index contributed by atoms with van der Waals surface area (Å²) in [5.74, 6) is 0. The first-order chi connectivity index (χ1) is 9.47. The van der Waals surface area contributed by atoms with Crippen molar-refractivity contribution in [3.05, 3.63) is 64.1 Å². The molecule has 0 radical (unpaired) electrons. The normalized spacial score (nSPS) is 11.7. The zero-order valence-corrected chi connectivity index (χ0v) is 13.1. The first-order valence-electron chi connectivity index (χ1n) is 5.84. The Kier molecular flexibility index (Phi) is 4.57. The number of hydrogen-bond acceptors (Lipinski definition) is 3. The lowest BCUT2D eigenvalue weighted by Crippen LogP contribution is -2.18. The molecule has 0 unspecified atom stereocenters. The molecule has 2 aromatic carbocycles. The number of nitrogens with one attached hydrogen (secondary N) is 1. The molecule has 0 saturated carbocycles. The lowest BCUT2D eigenvalue weighted by atomic mass is 10.2. The Balaban J connectivity index is 2.09. The molecule has 0 atom stereocenters. The highest BCUT2D eigenvalue weighted by molar-refractivity contribution is 9.10. The van der Waals surface area contributed by atoms with Gasteiger partial charge in [-0.1, -0.05) is 45.8 Å². The van der Waals surface area contributed by atoms with E-state index in [-0.39, 0.29) is 4.90 Å². The van der Waals surface area contributed by atoms with Gasteiger partial charge in [0.25, 0.3) is 10.0 Å². The van der Waals surface area contributed by atoms with Crippen LogP contribution in [0.2, 0.25) is 0 Å². The summed E-state index contributed by atoms with van der Waals surface area (Å²) in [6.45, 7) is 1.98. The van der Waals surface area contributed by atoms with E-state index in [0.717, 1.165) is 15.6 Å². The summed E-state index contributed by atoms with van der Waals surface area (Å²) >= 11 is 3.26. The van der Waals surface area contributed by atoms with Gasteiger partial charge in [-0.05, 0) is 36.8 Å². The summed E-state index contributed by atoms with van der Waals surface area (Å²) in [6, 6.07) is 14.0. The standard InChI is InChI=1S/C14H13BrN2O2S/c1-11-2-4-12(5-3-11)10-16-17-20(18,19)14-8-6-13(15)7-9-14/h2-10,17H,1H3. The van der Waals surface area contributed by atoms with E-state index in [9.17, 15) is 8.42 Å². The highest BCUT2D eigenvalue weighted by Gasteiger charge is 2.11. The van der Waals surface area contributed by atoms with Crippen LogP contribution in [0.15, 0.2) is 63.0 Å². The summed E-state index contributed by atoms with van der Waals surface area (Å²) in [5.41, 5.74) is 1.96. The zero-order chi connectivity index (χ0) is 14.6. The maximum absolute atomic E-state index is 11.9. The quantitative estimate of drug-likeness (QED) is 0.678. The Labute approximate surface area is 126 Å². The van der Waals surface area contributed by atoms with Gasteiger partial charge in [-0.25, -0.2) is 4.83 Å². The van der Waals surface area contributed by atoms with Crippen LogP contribution in [0.3, 0.4) is 0 Å². The van der Waals surface area contributed by atoms with Crippen molar-refractivity contribution in [3.63, 3.8) is 0 Å². The second-order valence-electron chi connectivity index (χ2n) is 4.22. The van der Waals surface area contributed by atoms with Gasteiger partial charge in [0.15, 0.2) is 0 Å². The summed E-state index contributed by atoms with van der Waals surface area (Å²) in [4.78, 5) is 2.35. The van der Waals surface area contributed by atoms with Crippen LogP contribution in [0.4, 0.5) is 0 Å². The predicted molar refractivity (Wildman–Crippen MR) is 83.2 cm³/mol. The van der Waals surface area contributed by atoms with Crippen molar-refractivity contribution in [2.24, 2.45) is 5.10 Å².